The van der Waals surface area contributed by atoms with Gasteiger partial charge in [-0.2, -0.15) is 0 Å². The van der Waals surface area contributed by atoms with E-state index < -0.39 is 17.4 Å². The normalized spacial score (nSPS) is 11.8. The van der Waals surface area contributed by atoms with Crippen molar-refractivity contribution < 1.29 is 4.79 Å². The molecule has 0 saturated heterocycles. The molecule has 1 aromatic rings. The molecule has 0 heterocycles. The Morgan fingerprint density at radius 3 is 2.54 bits per heavy atom. The molecule has 67 valence electrons. The summed E-state index contributed by atoms with van der Waals surface area (Å²) >= 11 is -0.697. The first-order chi connectivity index (χ1) is 6.24. The molecule has 1 atom stereocenters. The van der Waals surface area contributed by atoms with Crippen LogP contribution in [-0.2, 0) is 0 Å². The van der Waals surface area contributed by atoms with Gasteiger partial charge >= 0.3 is 86.3 Å². The number of rotatable bonds is 3. The molecule has 3 heteroatoms. The van der Waals surface area contributed by atoms with Gasteiger partial charge in [-0.05, 0) is 0 Å². The van der Waals surface area contributed by atoms with Crippen LogP contribution < -0.4 is 5.32 Å². The molecule has 0 aromatic heterocycles. The first kappa shape index (κ1) is 10.4. The van der Waals surface area contributed by atoms with Crippen molar-refractivity contribution in [1.29, 1.82) is 0 Å². The Balaban J connectivity index is 2.59. The van der Waals surface area contributed by atoms with E-state index in [1.807, 2.05) is 42.7 Å². The zero-order valence-electron chi connectivity index (χ0n) is 7.95. The van der Waals surface area contributed by atoms with Crippen LogP contribution in [-0.4, -0.2) is 21.9 Å². The number of carbonyl (C=O) groups is 1. The van der Waals surface area contributed by atoms with Crippen LogP contribution in [0.25, 0.3) is 0 Å². The summed E-state index contributed by atoms with van der Waals surface area (Å²) in [5.41, 5.74) is 3.18. The molecule has 1 radical (unpaired) electrons. The monoisotopic (exact) mass is 232 g/mol. The van der Waals surface area contributed by atoms with Crippen molar-refractivity contribution in [3.05, 3.63) is 35.9 Å². The molecule has 13 heavy (non-hydrogen) atoms. The number of hydrogen-bond acceptors (Lipinski definition) is 1. The maximum absolute atomic E-state index is 11.2. The van der Waals surface area contributed by atoms with Crippen molar-refractivity contribution in [1.82, 2.24) is 5.32 Å². The molecule has 1 unspecified atom stereocenters. The standard InChI is InChI=1S/C9H10NO.CH3.Ga/c1-8(10-7-11)9-5-3-2-4-6-9;;/h2-6,8H,1H3,(H,10,11);1H3;. The van der Waals surface area contributed by atoms with Crippen LogP contribution in [0.2, 0.25) is 5.48 Å². The average Bonchev–Trinajstić information content (AvgIpc) is 2.19. The fourth-order valence-corrected chi connectivity index (χ4v) is 2.00. The van der Waals surface area contributed by atoms with Crippen LogP contribution in [0.15, 0.2) is 30.3 Å². The summed E-state index contributed by atoms with van der Waals surface area (Å²) in [7, 11) is 0. The van der Waals surface area contributed by atoms with E-state index >= 15 is 0 Å². The number of carbonyl (C=O) groups excluding carboxylic acids is 1. The molecule has 2 nitrogen and oxygen atoms in total. The minimum atomic E-state index is -0.697. The number of benzene rings is 1. The number of amides is 1. The molecule has 1 amide bonds. The zero-order valence-corrected chi connectivity index (χ0v) is 10.4. The second kappa shape index (κ2) is 5.14. The molecule has 0 saturated carbocycles. The Labute approximate surface area is 86.5 Å². The van der Waals surface area contributed by atoms with Gasteiger partial charge in [-0.15, -0.1) is 0 Å². The molecule has 0 aliphatic heterocycles. The molecule has 1 N–H and O–H groups in total. The van der Waals surface area contributed by atoms with Gasteiger partial charge in [0.25, 0.3) is 0 Å². The van der Waals surface area contributed by atoms with Gasteiger partial charge in [-0.1, -0.05) is 0 Å². The van der Waals surface area contributed by atoms with Gasteiger partial charge in [0, 0.05) is 0 Å². The Morgan fingerprint density at radius 2 is 2.00 bits per heavy atom. The fourth-order valence-electron chi connectivity index (χ4n) is 1.12. The van der Waals surface area contributed by atoms with Crippen LogP contribution in [0.1, 0.15) is 18.5 Å². The first-order valence-electron chi connectivity index (χ1n) is 4.39. The summed E-state index contributed by atoms with van der Waals surface area (Å²) in [6.45, 7) is 2.01. The van der Waals surface area contributed by atoms with Crippen molar-refractivity contribution in [2.24, 2.45) is 0 Å². The van der Waals surface area contributed by atoms with E-state index in [2.05, 4.69) is 5.32 Å². The molecule has 0 bridgehead atoms. The van der Waals surface area contributed by atoms with E-state index in [1.54, 1.807) is 0 Å². The minimum absolute atomic E-state index is 0.144. The van der Waals surface area contributed by atoms with Crippen molar-refractivity contribution in [3.8, 4) is 0 Å². The van der Waals surface area contributed by atoms with Gasteiger partial charge in [0.1, 0.15) is 0 Å². The van der Waals surface area contributed by atoms with E-state index in [-0.39, 0.29) is 10.5 Å². The molecule has 0 fully saturated rings. The van der Waals surface area contributed by atoms with Gasteiger partial charge in [0.05, 0.1) is 0 Å². The molecule has 1 rings (SSSR count). The Bertz CT molecular complexity index is 274. The van der Waals surface area contributed by atoms with Crippen molar-refractivity contribution in [2.75, 3.05) is 0 Å². The van der Waals surface area contributed by atoms with Crippen LogP contribution >= 0.6 is 0 Å². The maximum atomic E-state index is 11.2. The van der Waals surface area contributed by atoms with Crippen molar-refractivity contribution >= 4 is 21.9 Å². The summed E-state index contributed by atoms with van der Waals surface area (Å²) in [6.07, 6.45) is 0. The summed E-state index contributed by atoms with van der Waals surface area (Å²) < 4.78 is 0.250. The van der Waals surface area contributed by atoms with Gasteiger partial charge in [0.2, 0.25) is 0 Å². The van der Waals surface area contributed by atoms with E-state index in [0.717, 1.165) is 0 Å². The van der Waals surface area contributed by atoms with Gasteiger partial charge < -0.3 is 0 Å². The summed E-state index contributed by atoms with van der Waals surface area (Å²) in [6, 6.07) is 10.2. The van der Waals surface area contributed by atoms with Crippen molar-refractivity contribution in [2.45, 2.75) is 18.4 Å². The van der Waals surface area contributed by atoms with E-state index in [4.69, 9.17) is 0 Å². The molecule has 0 spiro atoms. The van der Waals surface area contributed by atoms with Crippen molar-refractivity contribution in [3.63, 3.8) is 0 Å². The molecular weight excluding hydrogens is 220 g/mol. The number of hydrogen-bond donors (Lipinski definition) is 1. The SMILES string of the molecule is [CH3][Ga][C](=O)NC(C)c1ccccc1. The second-order valence-corrected chi connectivity index (χ2v) is 5.24. The number of nitrogens with one attached hydrogen (secondary N) is 1. The van der Waals surface area contributed by atoms with E-state index in [0.29, 0.717) is 0 Å². The third-order valence-corrected chi connectivity index (χ3v) is 3.37. The van der Waals surface area contributed by atoms with E-state index in [1.165, 1.54) is 5.56 Å². The topological polar surface area (TPSA) is 29.1 Å². The summed E-state index contributed by atoms with van der Waals surface area (Å²) in [4.78, 5) is 11.2. The Kier molecular flexibility index (Phi) is 4.12. The Morgan fingerprint density at radius 1 is 1.38 bits per heavy atom. The van der Waals surface area contributed by atoms with Crippen LogP contribution in [0.5, 0.6) is 0 Å². The average molecular weight is 233 g/mol. The summed E-state index contributed by atoms with van der Waals surface area (Å²) in [5.74, 6) is 0. The summed E-state index contributed by atoms with van der Waals surface area (Å²) in [5, 5.41) is 2.98. The Hall–Kier alpha value is -0.674. The van der Waals surface area contributed by atoms with Gasteiger partial charge in [0.15, 0.2) is 0 Å². The van der Waals surface area contributed by atoms with Gasteiger partial charge in [-0.3, -0.25) is 0 Å². The van der Waals surface area contributed by atoms with E-state index in [9.17, 15) is 4.79 Å². The first-order valence-corrected chi connectivity index (χ1v) is 8.02. The molecule has 1 aromatic carbocycles. The predicted octanol–water partition coefficient (Wildman–Crippen LogP) is 2.21. The fraction of sp³-hybridized carbons (Fsp3) is 0.300. The zero-order chi connectivity index (χ0) is 9.68. The van der Waals surface area contributed by atoms with Crippen LogP contribution in [0, 0.1) is 0 Å². The van der Waals surface area contributed by atoms with Gasteiger partial charge in [-0.25, -0.2) is 0 Å². The molecule has 0 aliphatic carbocycles. The van der Waals surface area contributed by atoms with Crippen LogP contribution in [0.3, 0.4) is 0 Å². The second-order valence-electron chi connectivity index (χ2n) is 2.93. The molecule has 0 aliphatic rings. The quantitative estimate of drug-likeness (QED) is 0.796. The predicted molar refractivity (Wildman–Crippen MR) is 55.0 cm³/mol. The third-order valence-electron chi connectivity index (χ3n) is 1.92. The van der Waals surface area contributed by atoms with Crippen LogP contribution in [0.4, 0.5) is 4.79 Å². The third kappa shape index (κ3) is 3.28. The molecular formula is C10H13GaNO.